The minimum absolute atomic E-state index is 0.707. The van der Waals surface area contributed by atoms with Crippen LogP contribution in [0.25, 0.3) is 0 Å². The Kier molecular flexibility index (Phi) is 2.76. The molecule has 84 valence electrons. The van der Waals surface area contributed by atoms with E-state index < -0.39 is 0 Å². The molecule has 0 bridgehead atoms. The molecule has 0 unspecified atom stereocenters. The summed E-state index contributed by atoms with van der Waals surface area (Å²) in [5.74, 6) is 0.826. The Bertz CT molecular complexity index is 489. The average molecular weight is 217 g/mol. The quantitative estimate of drug-likeness (QED) is 0.729. The molecule has 0 saturated heterocycles. The summed E-state index contributed by atoms with van der Waals surface area (Å²) in [6.45, 7) is 4.59. The van der Waals surface area contributed by atoms with E-state index in [1.54, 1.807) is 0 Å². The lowest BCUT2D eigenvalue weighted by Gasteiger charge is -2.06. The van der Waals surface area contributed by atoms with E-state index in [4.69, 9.17) is 5.73 Å². The molecular weight excluding hydrogens is 202 g/mol. The van der Waals surface area contributed by atoms with Crippen molar-refractivity contribution < 1.29 is 0 Å². The van der Waals surface area contributed by atoms with Gasteiger partial charge in [0.25, 0.3) is 0 Å². The largest absolute Gasteiger partial charge is 0.397 e. The number of nitrogens with zero attached hydrogens (tertiary/aromatic N) is 2. The number of H-pyrrole nitrogens is 1. The van der Waals surface area contributed by atoms with E-state index in [0.717, 1.165) is 22.8 Å². The molecule has 0 spiro atoms. The van der Waals surface area contributed by atoms with Crippen molar-refractivity contribution >= 4 is 11.5 Å². The topological polar surface area (TPSA) is 79.6 Å². The molecule has 0 aliphatic heterocycles. The summed E-state index contributed by atoms with van der Waals surface area (Å²) < 4.78 is 0. The lowest BCUT2D eigenvalue weighted by atomic mass is 10.2. The molecular formula is C11H15N5. The van der Waals surface area contributed by atoms with E-state index in [0.29, 0.717) is 12.2 Å². The van der Waals surface area contributed by atoms with Crippen molar-refractivity contribution in [3.8, 4) is 0 Å². The van der Waals surface area contributed by atoms with Crippen LogP contribution in [-0.4, -0.2) is 15.2 Å². The van der Waals surface area contributed by atoms with Gasteiger partial charge in [-0.1, -0.05) is 0 Å². The molecule has 0 aromatic carbocycles. The van der Waals surface area contributed by atoms with E-state index in [1.807, 2.05) is 32.2 Å². The molecule has 2 rings (SSSR count). The zero-order chi connectivity index (χ0) is 11.5. The fraction of sp³-hybridized carbons (Fsp3) is 0.273. The average Bonchev–Trinajstić information content (AvgIpc) is 2.66. The van der Waals surface area contributed by atoms with E-state index >= 15 is 0 Å². The lowest BCUT2D eigenvalue weighted by molar-refractivity contribution is 1.04. The van der Waals surface area contributed by atoms with Gasteiger partial charge in [-0.2, -0.15) is 5.10 Å². The number of nitrogens with two attached hydrogens (primary N) is 1. The number of rotatable bonds is 3. The van der Waals surface area contributed by atoms with Crippen LogP contribution in [0.1, 0.15) is 17.0 Å². The zero-order valence-electron chi connectivity index (χ0n) is 9.41. The van der Waals surface area contributed by atoms with Crippen LogP contribution >= 0.6 is 0 Å². The highest BCUT2D eigenvalue weighted by molar-refractivity contribution is 5.49. The van der Waals surface area contributed by atoms with Gasteiger partial charge in [0.1, 0.15) is 5.82 Å². The first-order chi connectivity index (χ1) is 7.66. The van der Waals surface area contributed by atoms with Gasteiger partial charge in [-0.05, 0) is 26.0 Å². The SMILES string of the molecule is Cc1nc(NCc2cn[nH]c2C)ccc1N. The molecule has 16 heavy (non-hydrogen) atoms. The Morgan fingerprint density at radius 2 is 2.19 bits per heavy atom. The number of hydrogen-bond acceptors (Lipinski definition) is 4. The van der Waals surface area contributed by atoms with Gasteiger partial charge in [-0.3, -0.25) is 5.10 Å². The van der Waals surface area contributed by atoms with E-state index in [1.165, 1.54) is 0 Å². The van der Waals surface area contributed by atoms with Crippen LogP contribution < -0.4 is 11.1 Å². The standard InChI is InChI=1S/C11H15N5/c1-7-9(6-14-16-7)5-13-11-4-3-10(12)8(2)15-11/h3-4,6H,5,12H2,1-2H3,(H,13,15)(H,14,16). The van der Waals surface area contributed by atoms with Crippen molar-refractivity contribution in [2.75, 3.05) is 11.1 Å². The van der Waals surface area contributed by atoms with E-state index in [-0.39, 0.29) is 0 Å². The molecule has 0 atom stereocenters. The third kappa shape index (κ3) is 2.13. The fourth-order valence-electron chi connectivity index (χ4n) is 1.41. The molecule has 0 fully saturated rings. The molecule has 0 aliphatic carbocycles. The van der Waals surface area contributed by atoms with Crippen molar-refractivity contribution in [3.05, 3.63) is 35.3 Å². The first kappa shape index (κ1) is 10.5. The first-order valence-corrected chi connectivity index (χ1v) is 5.12. The molecule has 0 radical (unpaired) electrons. The summed E-state index contributed by atoms with van der Waals surface area (Å²) in [7, 11) is 0. The van der Waals surface area contributed by atoms with E-state index in [9.17, 15) is 0 Å². The Balaban J connectivity index is 2.05. The van der Waals surface area contributed by atoms with Crippen LogP contribution in [-0.2, 0) is 6.54 Å². The maximum Gasteiger partial charge on any atom is 0.126 e. The summed E-state index contributed by atoms with van der Waals surface area (Å²) in [6.07, 6.45) is 1.81. The molecule has 5 nitrogen and oxygen atoms in total. The van der Waals surface area contributed by atoms with Crippen LogP contribution in [0.15, 0.2) is 18.3 Å². The first-order valence-electron chi connectivity index (χ1n) is 5.12. The fourth-order valence-corrected chi connectivity index (χ4v) is 1.41. The second-order valence-electron chi connectivity index (χ2n) is 3.74. The third-order valence-electron chi connectivity index (χ3n) is 2.52. The minimum atomic E-state index is 0.707. The predicted molar refractivity (Wildman–Crippen MR) is 64.0 cm³/mol. The summed E-state index contributed by atoms with van der Waals surface area (Å²) in [4.78, 5) is 4.34. The van der Waals surface area contributed by atoms with Crippen LogP contribution in [0.4, 0.5) is 11.5 Å². The maximum atomic E-state index is 5.70. The minimum Gasteiger partial charge on any atom is -0.397 e. The second kappa shape index (κ2) is 4.22. The second-order valence-corrected chi connectivity index (χ2v) is 3.74. The van der Waals surface area contributed by atoms with Crippen molar-refractivity contribution in [1.29, 1.82) is 0 Å². The summed E-state index contributed by atoms with van der Waals surface area (Å²) in [6, 6.07) is 3.73. The van der Waals surface area contributed by atoms with E-state index in [2.05, 4.69) is 20.5 Å². The highest BCUT2D eigenvalue weighted by atomic mass is 15.1. The maximum absolute atomic E-state index is 5.70. The number of hydrogen-bond donors (Lipinski definition) is 3. The van der Waals surface area contributed by atoms with Gasteiger partial charge in [-0.25, -0.2) is 4.98 Å². The van der Waals surface area contributed by atoms with Crippen LogP contribution in [0.5, 0.6) is 0 Å². The molecule has 2 heterocycles. The van der Waals surface area contributed by atoms with Gasteiger partial charge in [-0.15, -0.1) is 0 Å². The number of aromatic nitrogens is 3. The lowest BCUT2D eigenvalue weighted by Crippen LogP contribution is -2.03. The summed E-state index contributed by atoms with van der Waals surface area (Å²) in [5.41, 5.74) is 9.46. The number of pyridine rings is 1. The van der Waals surface area contributed by atoms with Gasteiger partial charge in [0.2, 0.25) is 0 Å². The number of anilines is 2. The van der Waals surface area contributed by atoms with Crippen LogP contribution in [0.3, 0.4) is 0 Å². The van der Waals surface area contributed by atoms with Gasteiger partial charge >= 0.3 is 0 Å². The van der Waals surface area contributed by atoms with Gasteiger partial charge in [0.15, 0.2) is 0 Å². The Morgan fingerprint density at radius 1 is 1.38 bits per heavy atom. The zero-order valence-corrected chi connectivity index (χ0v) is 9.41. The molecule has 0 amide bonds. The monoisotopic (exact) mass is 217 g/mol. The number of nitrogens with one attached hydrogen (secondary N) is 2. The predicted octanol–water partition coefficient (Wildman–Crippen LogP) is 1.62. The molecule has 2 aromatic rings. The number of nitrogen functional groups attached to an aromatic ring is 1. The third-order valence-corrected chi connectivity index (χ3v) is 2.52. The number of aryl methyl sites for hydroxylation is 2. The van der Waals surface area contributed by atoms with Gasteiger partial charge < -0.3 is 11.1 Å². The van der Waals surface area contributed by atoms with Gasteiger partial charge in [0, 0.05) is 17.8 Å². The Hall–Kier alpha value is -2.04. The molecule has 5 heteroatoms. The highest BCUT2D eigenvalue weighted by Gasteiger charge is 2.01. The Labute approximate surface area is 94.1 Å². The van der Waals surface area contributed by atoms with Crippen molar-refractivity contribution in [1.82, 2.24) is 15.2 Å². The number of aromatic amines is 1. The molecule has 2 aromatic heterocycles. The van der Waals surface area contributed by atoms with Crippen molar-refractivity contribution in [2.24, 2.45) is 0 Å². The van der Waals surface area contributed by atoms with Crippen LogP contribution in [0.2, 0.25) is 0 Å². The summed E-state index contributed by atoms with van der Waals surface area (Å²) >= 11 is 0. The summed E-state index contributed by atoms with van der Waals surface area (Å²) in [5, 5.41) is 10.1. The van der Waals surface area contributed by atoms with Crippen LogP contribution in [0, 0.1) is 13.8 Å². The normalized spacial score (nSPS) is 10.4. The van der Waals surface area contributed by atoms with Crippen molar-refractivity contribution in [3.63, 3.8) is 0 Å². The molecule has 4 N–H and O–H groups in total. The van der Waals surface area contributed by atoms with Gasteiger partial charge in [0.05, 0.1) is 17.6 Å². The Morgan fingerprint density at radius 3 is 2.81 bits per heavy atom. The van der Waals surface area contributed by atoms with Crippen molar-refractivity contribution in [2.45, 2.75) is 20.4 Å². The molecule has 0 aliphatic rings. The highest BCUT2D eigenvalue weighted by Crippen LogP contribution is 2.13. The smallest absolute Gasteiger partial charge is 0.126 e. The molecule has 0 saturated carbocycles.